The second-order valence-electron chi connectivity index (χ2n) is 11.6. The lowest BCUT2D eigenvalue weighted by molar-refractivity contribution is -0.171. The molecule has 2 N–H and O–H groups in total. The first-order valence-corrected chi connectivity index (χ1v) is 16.4. The molecule has 1 aliphatic heterocycles. The van der Waals surface area contributed by atoms with Crippen LogP contribution >= 0.6 is 0 Å². The van der Waals surface area contributed by atoms with Crippen LogP contribution in [0.15, 0.2) is 70.5 Å². The van der Waals surface area contributed by atoms with Crippen molar-refractivity contribution in [2.75, 3.05) is 62.6 Å². The van der Waals surface area contributed by atoms with Crippen molar-refractivity contribution in [2.24, 2.45) is 0 Å². The van der Waals surface area contributed by atoms with Gasteiger partial charge in [-0.2, -0.15) is 18.3 Å². The molecule has 3 aromatic carbocycles. The summed E-state index contributed by atoms with van der Waals surface area (Å²) in [4.78, 5) is 30.8. The molecule has 0 spiro atoms. The maximum absolute atomic E-state index is 14.1. The van der Waals surface area contributed by atoms with Gasteiger partial charge in [0.1, 0.15) is 5.82 Å². The normalized spacial score (nSPS) is 14.3. The average Bonchev–Trinajstić information content (AvgIpc) is 3.45. The van der Waals surface area contributed by atoms with Gasteiger partial charge in [0.25, 0.3) is 5.91 Å². The van der Waals surface area contributed by atoms with Crippen molar-refractivity contribution in [1.82, 2.24) is 15.1 Å². The van der Waals surface area contributed by atoms with E-state index in [1.807, 2.05) is 19.0 Å². The van der Waals surface area contributed by atoms with Crippen molar-refractivity contribution in [3.63, 3.8) is 0 Å². The molecule has 1 saturated heterocycles. The van der Waals surface area contributed by atoms with Gasteiger partial charge in [0.15, 0.2) is 5.82 Å². The molecule has 2 heterocycles. The van der Waals surface area contributed by atoms with E-state index in [9.17, 15) is 35.6 Å². The van der Waals surface area contributed by atoms with Crippen molar-refractivity contribution < 1.29 is 40.3 Å². The summed E-state index contributed by atoms with van der Waals surface area (Å²) in [7, 11) is 1.33. The largest absolute Gasteiger partial charge is 0.471 e. The lowest BCUT2D eigenvalue weighted by Crippen LogP contribution is -2.50. The molecular weight excluding hydrogens is 656 g/mol. The Balaban J connectivity index is 1.56. The van der Waals surface area contributed by atoms with Crippen LogP contribution in [0.1, 0.15) is 23.2 Å². The summed E-state index contributed by atoms with van der Waals surface area (Å²) < 4.78 is 87.9. The summed E-state index contributed by atoms with van der Waals surface area (Å²) in [5.41, 5.74) is 0.346. The summed E-state index contributed by atoms with van der Waals surface area (Å²) >= 11 is 0. The molecule has 0 saturated carbocycles. The van der Waals surface area contributed by atoms with E-state index in [0.717, 1.165) is 12.1 Å². The smallest absolute Gasteiger partial charge is 0.381 e. The number of H-pyrrole nitrogens is 1. The number of anilines is 3. The van der Waals surface area contributed by atoms with E-state index in [2.05, 4.69) is 15.5 Å². The molecule has 1 aromatic heterocycles. The fraction of sp³-hybridized carbons (Fsp3) is 0.344. The summed E-state index contributed by atoms with van der Waals surface area (Å²) in [6.45, 7) is 1.40. The standard InChI is InChI=1S/C32H34F4N6O5S/c1-40(2)13-14-41(3)22-7-9-25(28(18-22)42(31(44)32(34,35)36)21-11-15-47-16-12-21)30(43)37-29-26-19-24(8-10-27(26)38-39-29)48(45,46)23-6-4-5-20(33)17-23/h4-10,17-19,21H,11-16H2,1-3H3,(H2,37,38,39,43). The molecular formula is C32H34F4N6O5S. The van der Waals surface area contributed by atoms with E-state index < -0.39 is 39.7 Å². The molecule has 5 rings (SSSR count). The number of ether oxygens (including phenoxy) is 1. The van der Waals surface area contributed by atoms with Gasteiger partial charge < -0.3 is 24.8 Å². The number of rotatable bonds is 10. The van der Waals surface area contributed by atoms with E-state index in [1.165, 1.54) is 42.5 Å². The van der Waals surface area contributed by atoms with Crippen LogP contribution in [0.5, 0.6) is 0 Å². The Kier molecular flexibility index (Phi) is 10.1. The highest BCUT2D eigenvalue weighted by molar-refractivity contribution is 7.91. The topological polar surface area (TPSA) is 128 Å². The Hall–Kier alpha value is -4.54. The van der Waals surface area contributed by atoms with Crippen LogP contribution in [0.3, 0.4) is 0 Å². The van der Waals surface area contributed by atoms with Gasteiger partial charge >= 0.3 is 12.1 Å². The van der Waals surface area contributed by atoms with Crippen LogP contribution in [0.25, 0.3) is 10.9 Å². The molecule has 256 valence electrons. The molecule has 11 nitrogen and oxygen atoms in total. The number of carbonyl (C=O) groups excluding carboxylic acids is 2. The Morgan fingerprint density at radius 1 is 0.979 bits per heavy atom. The number of aromatic amines is 1. The average molecular weight is 691 g/mol. The zero-order valence-electron chi connectivity index (χ0n) is 26.3. The lowest BCUT2D eigenvalue weighted by atomic mass is 10.0. The predicted octanol–water partition coefficient (Wildman–Crippen LogP) is 4.86. The van der Waals surface area contributed by atoms with Gasteiger partial charge in [-0.25, -0.2) is 12.8 Å². The minimum absolute atomic E-state index is 0.107. The van der Waals surface area contributed by atoms with Gasteiger partial charge in [0, 0.05) is 50.5 Å². The molecule has 2 amide bonds. The van der Waals surface area contributed by atoms with Crippen LogP contribution < -0.4 is 15.1 Å². The Bertz CT molecular complexity index is 1930. The van der Waals surface area contributed by atoms with Gasteiger partial charge in [-0.15, -0.1) is 0 Å². The highest BCUT2D eigenvalue weighted by Gasteiger charge is 2.46. The van der Waals surface area contributed by atoms with Gasteiger partial charge in [-0.05, 0) is 81.5 Å². The van der Waals surface area contributed by atoms with Crippen molar-refractivity contribution in [2.45, 2.75) is 34.9 Å². The molecule has 16 heteroatoms. The van der Waals surface area contributed by atoms with Crippen molar-refractivity contribution in [1.29, 1.82) is 0 Å². The first-order chi connectivity index (χ1) is 22.7. The first-order valence-electron chi connectivity index (χ1n) is 14.9. The number of hydrogen-bond donors (Lipinski definition) is 2. The quantitative estimate of drug-likeness (QED) is 0.226. The van der Waals surface area contributed by atoms with Crippen LogP contribution in [0, 0.1) is 5.82 Å². The molecule has 0 bridgehead atoms. The van der Waals surface area contributed by atoms with Gasteiger partial charge in [0.2, 0.25) is 9.84 Å². The number of hydrogen-bond acceptors (Lipinski definition) is 8. The maximum atomic E-state index is 14.1. The third kappa shape index (κ3) is 7.45. The van der Waals surface area contributed by atoms with Crippen LogP contribution in [-0.2, 0) is 19.4 Å². The number of aromatic nitrogens is 2. The third-order valence-corrected chi connectivity index (χ3v) is 9.76. The van der Waals surface area contributed by atoms with Gasteiger partial charge in [0.05, 0.1) is 26.6 Å². The fourth-order valence-corrected chi connectivity index (χ4v) is 6.70. The number of sulfone groups is 1. The Labute approximate surface area is 274 Å². The summed E-state index contributed by atoms with van der Waals surface area (Å²) in [6, 6.07) is 11.9. The SMILES string of the molecule is CN(C)CCN(C)c1ccc(C(=O)Nc2n[nH]c3ccc(S(=O)(=O)c4cccc(F)c4)cc23)c(N(C(=O)C(F)(F)F)C2CCOCC2)c1. The number of carbonyl (C=O) groups is 2. The second-order valence-corrected chi connectivity index (χ2v) is 13.6. The number of nitrogens with one attached hydrogen (secondary N) is 2. The van der Waals surface area contributed by atoms with E-state index in [0.29, 0.717) is 29.2 Å². The third-order valence-electron chi connectivity index (χ3n) is 8.01. The molecule has 0 radical (unpaired) electrons. The van der Waals surface area contributed by atoms with Gasteiger partial charge in [-0.3, -0.25) is 14.7 Å². The number of likely N-dealkylation sites (N-methyl/N-ethyl adjacent to an activating group) is 2. The number of fused-ring (bicyclic) bond motifs is 1. The minimum Gasteiger partial charge on any atom is -0.381 e. The molecule has 48 heavy (non-hydrogen) atoms. The molecule has 0 aliphatic carbocycles. The van der Waals surface area contributed by atoms with Crippen molar-refractivity contribution in [3.05, 3.63) is 72.0 Å². The minimum atomic E-state index is -5.24. The van der Waals surface area contributed by atoms with Crippen LogP contribution in [-0.4, -0.2) is 95.0 Å². The number of halogens is 4. The van der Waals surface area contributed by atoms with Crippen molar-refractivity contribution in [3.8, 4) is 0 Å². The summed E-state index contributed by atoms with van der Waals surface area (Å²) in [5.74, 6) is -3.85. The van der Waals surface area contributed by atoms with E-state index in [1.54, 1.807) is 18.0 Å². The highest BCUT2D eigenvalue weighted by atomic mass is 32.2. The monoisotopic (exact) mass is 690 g/mol. The molecule has 1 aliphatic rings. The zero-order chi connectivity index (χ0) is 34.8. The second kappa shape index (κ2) is 13.9. The van der Waals surface area contributed by atoms with Crippen LogP contribution in [0.2, 0.25) is 0 Å². The van der Waals surface area contributed by atoms with Gasteiger partial charge in [-0.1, -0.05) is 6.07 Å². The molecule has 4 aromatic rings. The molecule has 0 atom stereocenters. The summed E-state index contributed by atoms with van der Waals surface area (Å²) in [5, 5.41) is 9.53. The number of nitrogens with zero attached hydrogens (tertiary/aromatic N) is 4. The zero-order valence-corrected chi connectivity index (χ0v) is 27.2. The number of amides is 2. The first kappa shape index (κ1) is 34.8. The van der Waals surface area contributed by atoms with Crippen molar-refractivity contribution >= 4 is 49.7 Å². The number of alkyl halides is 3. The fourth-order valence-electron chi connectivity index (χ4n) is 5.38. The Morgan fingerprint density at radius 3 is 2.35 bits per heavy atom. The van der Waals surface area contributed by atoms with E-state index in [4.69, 9.17) is 4.74 Å². The molecule has 1 fully saturated rings. The summed E-state index contributed by atoms with van der Waals surface area (Å²) in [6.07, 6.45) is -4.99. The lowest BCUT2D eigenvalue weighted by Gasteiger charge is -2.36. The maximum Gasteiger partial charge on any atom is 0.471 e. The number of benzene rings is 3. The Morgan fingerprint density at radius 2 is 1.69 bits per heavy atom. The van der Waals surface area contributed by atoms with Crippen LogP contribution in [0.4, 0.5) is 34.8 Å². The molecule has 0 unspecified atom stereocenters. The highest BCUT2D eigenvalue weighted by Crippen LogP contribution is 2.35. The van der Waals surface area contributed by atoms with E-state index in [-0.39, 0.29) is 58.3 Å². The van der Waals surface area contributed by atoms with E-state index >= 15 is 0 Å². The predicted molar refractivity (Wildman–Crippen MR) is 172 cm³/mol.